The molecule has 31 heavy (non-hydrogen) atoms. The summed E-state index contributed by atoms with van der Waals surface area (Å²) in [6.07, 6.45) is 0.189. The lowest BCUT2D eigenvalue weighted by atomic mass is 10.1. The highest BCUT2D eigenvalue weighted by atomic mass is 19.1. The quantitative estimate of drug-likeness (QED) is 0.710. The molecule has 9 heteroatoms. The second-order valence-electron chi connectivity index (χ2n) is 7.68. The van der Waals surface area contributed by atoms with Gasteiger partial charge < -0.3 is 20.3 Å². The van der Waals surface area contributed by atoms with E-state index in [1.54, 1.807) is 6.07 Å². The summed E-state index contributed by atoms with van der Waals surface area (Å²) in [5, 5.41) is 5.37. The van der Waals surface area contributed by atoms with E-state index in [2.05, 4.69) is 20.5 Å². The molecule has 2 aliphatic rings. The Labute approximate surface area is 180 Å². The highest BCUT2D eigenvalue weighted by Gasteiger charge is 2.26. The predicted molar refractivity (Wildman–Crippen MR) is 115 cm³/mol. The van der Waals surface area contributed by atoms with Crippen LogP contribution in [0.25, 0.3) is 0 Å². The molecule has 2 amide bonds. The van der Waals surface area contributed by atoms with Gasteiger partial charge in [-0.05, 0) is 36.2 Å². The van der Waals surface area contributed by atoms with Crippen molar-refractivity contribution >= 4 is 23.2 Å². The number of piperazine rings is 1. The Morgan fingerprint density at radius 1 is 1.26 bits per heavy atom. The van der Waals surface area contributed by atoms with Crippen molar-refractivity contribution < 1.29 is 18.7 Å². The number of nitrogens with one attached hydrogen (secondary N) is 2. The molecule has 0 saturated carbocycles. The SMILES string of the molecule is CCC1Oc2ccc(CN3CCN(c4ccc(C(=O)NC)nc4F)CC3)cc2NC1=O. The summed E-state index contributed by atoms with van der Waals surface area (Å²) >= 11 is 0. The number of hydrogen-bond acceptors (Lipinski definition) is 6. The smallest absolute Gasteiger partial charge is 0.269 e. The van der Waals surface area contributed by atoms with E-state index in [1.807, 2.05) is 30.0 Å². The molecule has 1 aromatic carbocycles. The largest absolute Gasteiger partial charge is 0.478 e. The van der Waals surface area contributed by atoms with Crippen molar-refractivity contribution in [3.05, 3.63) is 47.5 Å². The van der Waals surface area contributed by atoms with Crippen LogP contribution in [0.1, 0.15) is 29.4 Å². The maximum atomic E-state index is 14.4. The summed E-state index contributed by atoms with van der Waals surface area (Å²) < 4.78 is 20.2. The monoisotopic (exact) mass is 427 g/mol. The first-order chi connectivity index (χ1) is 15.0. The zero-order chi connectivity index (χ0) is 22.0. The van der Waals surface area contributed by atoms with Crippen LogP contribution in [-0.2, 0) is 11.3 Å². The number of halogens is 1. The van der Waals surface area contributed by atoms with E-state index >= 15 is 0 Å². The molecule has 1 saturated heterocycles. The second kappa shape index (κ2) is 8.89. The number of carbonyl (C=O) groups is 2. The van der Waals surface area contributed by atoms with Gasteiger partial charge in [0, 0.05) is 39.8 Å². The van der Waals surface area contributed by atoms with Crippen LogP contribution in [0.15, 0.2) is 30.3 Å². The molecule has 4 rings (SSSR count). The van der Waals surface area contributed by atoms with Crippen LogP contribution in [0.3, 0.4) is 0 Å². The summed E-state index contributed by atoms with van der Waals surface area (Å²) in [5.41, 5.74) is 2.26. The van der Waals surface area contributed by atoms with E-state index in [9.17, 15) is 14.0 Å². The number of carbonyl (C=O) groups excluding carboxylic acids is 2. The predicted octanol–water partition coefficient (Wildman–Crippen LogP) is 2.01. The van der Waals surface area contributed by atoms with E-state index in [4.69, 9.17) is 4.74 Å². The lowest BCUT2D eigenvalue weighted by molar-refractivity contribution is -0.123. The number of anilines is 2. The number of hydrogen-bond donors (Lipinski definition) is 2. The van der Waals surface area contributed by atoms with Crippen molar-refractivity contribution in [1.29, 1.82) is 0 Å². The molecule has 3 heterocycles. The first kappa shape index (κ1) is 21.0. The van der Waals surface area contributed by atoms with Gasteiger partial charge in [0.1, 0.15) is 11.4 Å². The average molecular weight is 427 g/mol. The van der Waals surface area contributed by atoms with Crippen molar-refractivity contribution in [1.82, 2.24) is 15.2 Å². The number of ether oxygens (including phenoxy) is 1. The Morgan fingerprint density at radius 2 is 2.03 bits per heavy atom. The molecule has 2 N–H and O–H groups in total. The molecule has 1 atom stereocenters. The minimum absolute atomic E-state index is 0.0659. The number of rotatable bonds is 5. The molecule has 0 bridgehead atoms. The van der Waals surface area contributed by atoms with Gasteiger partial charge in [-0.3, -0.25) is 14.5 Å². The number of aromatic nitrogens is 1. The zero-order valence-corrected chi connectivity index (χ0v) is 17.7. The van der Waals surface area contributed by atoms with Crippen LogP contribution in [-0.4, -0.2) is 61.0 Å². The standard InChI is InChI=1S/C22H26FN5O3/c1-3-18-22(30)26-16-12-14(4-7-19(16)31-18)13-27-8-10-28(11-9-27)17-6-5-15(21(29)24-2)25-20(17)23/h4-7,12,18H,3,8-11,13H2,1-2H3,(H,24,29)(H,26,30). The summed E-state index contributed by atoms with van der Waals surface area (Å²) in [5.74, 6) is -0.459. The summed E-state index contributed by atoms with van der Waals surface area (Å²) in [6.45, 7) is 5.47. The van der Waals surface area contributed by atoms with Gasteiger partial charge in [-0.2, -0.15) is 4.39 Å². The third-order valence-corrected chi connectivity index (χ3v) is 5.64. The van der Waals surface area contributed by atoms with Gasteiger partial charge in [0.25, 0.3) is 11.8 Å². The van der Waals surface area contributed by atoms with Crippen molar-refractivity contribution in [2.45, 2.75) is 26.0 Å². The average Bonchev–Trinajstić information content (AvgIpc) is 2.78. The van der Waals surface area contributed by atoms with Gasteiger partial charge in [0.05, 0.1) is 11.4 Å². The Kier molecular flexibility index (Phi) is 6.03. The molecule has 0 radical (unpaired) electrons. The molecule has 1 fully saturated rings. The third-order valence-electron chi connectivity index (χ3n) is 5.64. The van der Waals surface area contributed by atoms with Crippen LogP contribution in [0.4, 0.5) is 15.8 Å². The fourth-order valence-corrected chi connectivity index (χ4v) is 3.89. The Morgan fingerprint density at radius 3 is 2.71 bits per heavy atom. The number of fused-ring (bicyclic) bond motifs is 1. The van der Waals surface area contributed by atoms with Gasteiger partial charge in [0.2, 0.25) is 5.95 Å². The number of pyridine rings is 1. The Bertz CT molecular complexity index is 991. The van der Waals surface area contributed by atoms with E-state index in [1.165, 1.54) is 13.1 Å². The van der Waals surface area contributed by atoms with Gasteiger partial charge in [0.15, 0.2) is 6.10 Å². The van der Waals surface area contributed by atoms with Crippen LogP contribution in [0.5, 0.6) is 5.75 Å². The minimum atomic E-state index is -0.634. The molecule has 164 valence electrons. The fraction of sp³-hybridized carbons (Fsp3) is 0.409. The van der Waals surface area contributed by atoms with Gasteiger partial charge in [-0.25, -0.2) is 4.98 Å². The maximum Gasteiger partial charge on any atom is 0.269 e. The molecule has 1 unspecified atom stereocenters. The molecular weight excluding hydrogens is 401 g/mol. The molecule has 8 nitrogen and oxygen atoms in total. The minimum Gasteiger partial charge on any atom is -0.478 e. The maximum absolute atomic E-state index is 14.4. The number of amides is 2. The molecule has 0 spiro atoms. The van der Waals surface area contributed by atoms with E-state index in [0.29, 0.717) is 36.6 Å². The number of benzene rings is 1. The summed E-state index contributed by atoms with van der Waals surface area (Å²) in [6, 6.07) is 9.01. The normalized spacial score (nSPS) is 18.7. The van der Waals surface area contributed by atoms with Crippen molar-refractivity contribution in [2.24, 2.45) is 0 Å². The van der Waals surface area contributed by atoms with E-state index < -0.39 is 18.0 Å². The van der Waals surface area contributed by atoms with Gasteiger partial charge >= 0.3 is 0 Å². The highest BCUT2D eigenvalue weighted by molar-refractivity contribution is 5.97. The van der Waals surface area contributed by atoms with Crippen LogP contribution in [0.2, 0.25) is 0 Å². The Hall–Kier alpha value is -3.20. The lowest BCUT2D eigenvalue weighted by Crippen LogP contribution is -2.46. The molecule has 2 aliphatic heterocycles. The van der Waals surface area contributed by atoms with E-state index in [-0.39, 0.29) is 11.6 Å². The molecular formula is C22H26FN5O3. The summed E-state index contributed by atoms with van der Waals surface area (Å²) in [4.78, 5) is 31.7. The van der Waals surface area contributed by atoms with Crippen LogP contribution >= 0.6 is 0 Å². The lowest BCUT2D eigenvalue weighted by Gasteiger charge is -2.36. The third kappa shape index (κ3) is 4.46. The molecule has 1 aromatic heterocycles. The second-order valence-corrected chi connectivity index (χ2v) is 7.68. The molecule has 0 aliphatic carbocycles. The van der Waals surface area contributed by atoms with Gasteiger partial charge in [-0.15, -0.1) is 0 Å². The number of nitrogens with zero attached hydrogens (tertiary/aromatic N) is 3. The topological polar surface area (TPSA) is 86.8 Å². The first-order valence-corrected chi connectivity index (χ1v) is 10.4. The van der Waals surface area contributed by atoms with Crippen LogP contribution in [0, 0.1) is 5.95 Å². The van der Waals surface area contributed by atoms with Crippen molar-refractivity contribution in [3.8, 4) is 5.75 Å². The van der Waals surface area contributed by atoms with Gasteiger partial charge in [-0.1, -0.05) is 13.0 Å². The highest BCUT2D eigenvalue weighted by Crippen LogP contribution is 2.31. The molecule has 2 aromatic rings. The fourth-order valence-electron chi connectivity index (χ4n) is 3.89. The Balaban J connectivity index is 1.36. The van der Waals surface area contributed by atoms with Crippen molar-refractivity contribution in [2.75, 3.05) is 43.4 Å². The van der Waals surface area contributed by atoms with Crippen molar-refractivity contribution in [3.63, 3.8) is 0 Å². The summed E-state index contributed by atoms with van der Waals surface area (Å²) in [7, 11) is 1.49. The van der Waals surface area contributed by atoms with Crippen LogP contribution < -0.4 is 20.3 Å². The van der Waals surface area contributed by atoms with E-state index in [0.717, 1.165) is 25.2 Å². The zero-order valence-electron chi connectivity index (χ0n) is 17.7. The first-order valence-electron chi connectivity index (χ1n) is 10.4.